The molecule has 1 aromatic rings. The molecule has 0 unspecified atom stereocenters. The Hall–Kier alpha value is -1.93. The molecule has 1 N–H and O–H groups in total. The molecule has 0 amide bonds. The number of nitriles is 1. The number of carboxylic acids is 1. The molecule has 1 saturated heterocycles. The zero-order chi connectivity index (χ0) is 15.5. The monoisotopic (exact) mass is 290 g/mol. The van der Waals surface area contributed by atoms with Gasteiger partial charge in [0.2, 0.25) is 0 Å². The maximum absolute atomic E-state index is 13.1. The molecule has 2 rings (SSSR count). The molecule has 0 bridgehead atoms. The summed E-state index contributed by atoms with van der Waals surface area (Å²) in [6.07, 6.45) is 1.86. The number of rotatable bonds is 4. The highest BCUT2D eigenvalue weighted by atomic mass is 19.1. The van der Waals surface area contributed by atoms with Gasteiger partial charge in [-0.3, -0.25) is 9.69 Å². The van der Waals surface area contributed by atoms with Crippen molar-refractivity contribution in [3.05, 3.63) is 35.1 Å². The van der Waals surface area contributed by atoms with E-state index in [1.807, 2.05) is 13.0 Å². The molecule has 0 aromatic heterocycles. The van der Waals surface area contributed by atoms with E-state index in [4.69, 9.17) is 5.26 Å². The van der Waals surface area contributed by atoms with Gasteiger partial charge in [-0.05, 0) is 50.0 Å². The van der Waals surface area contributed by atoms with E-state index >= 15 is 0 Å². The quantitative estimate of drug-likeness (QED) is 0.926. The Kier molecular flexibility index (Phi) is 4.59. The molecule has 1 aliphatic rings. The lowest BCUT2D eigenvalue weighted by atomic mass is 9.76. The molecular weight excluding hydrogens is 271 g/mol. The standard InChI is InChI=1S/C16H19FN2O2/c1-2-16(15(20)21)5-7-19(8-6-16)11-12-3-4-14(17)9-13(12)10-18/h3-4,9H,2,5-8,11H2,1H3,(H,20,21). The third kappa shape index (κ3) is 3.22. The molecule has 0 radical (unpaired) electrons. The van der Waals surface area contributed by atoms with Crippen LogP contribution in [0.3, 0.4) is 0 Å². The van der Waals surface area contributed by atoms with Gasteiger partial charge >= 0.3 is 5.97 Å². The number of benzene rings is 1. The Morgan fingerprint density at radius 2 is 2.14 bits per heavy atom. The predicted molar refractivity (Wildman–Crippen MR) is 76.0 cm³/mol. The summed E-state index contributed by atoms with van der Waals surface area (Å²) < 4.78 is 13.1. The van der Waals surface area contributed by atoms with Crippen LogP contribution in [-0.2, 0) is 11.3 Å². The average Bonchev–Trinajstić information content (AvgIpc) is 2.49. The molecule has 1 aliphatic heterocycles. The maximum Gasteiger partial charge on any atom is 0.309 e. The zero-order valence-corrected chi connectivity index (χ0v) is 12.1. The van der Waals surface area contributed by atoms with Gasteiger partial charge in [-0.1, -0.05) is 13.0 Å². The van der Waals surface area contributed by atoms with E-state index < -0.39 is 17.2 Å². The largest absolute Gasteiger partial charge is 0.481 e. The minimum atomic E-state index is -0.718. The van der Waals surface area contributed by atoms with Crippen molar-refractivity contribution in [2.45, 2.75) is 32.7 Å². The van der Waals surface area contributed by atoms with Crippen molar-refractivity contribution >= 4 is 5.97 Å². The van der Waals surface area contributed by atoms with Gasteiger partial charge in [0, 0.05) is 6.54 Å². The molecule has 5 heteroatoms. The number of piperidine rings is 1. The van der Waals surface area contributed by atoms with E-state index in [9.17, 15) is 14.3 Å². The minimum absolute atomic E-state index is 0.348. The summed E-state index contributed by atoms with van der Waals surface area (Å²) in [4.78, 5) is 13.5. The lowest BCUT2D eigenvalue weighted by Crippen LogP contribution is -2.43. The fourth-order valence-electron chi connectivity index (χ4n) is 2.89. The number of aliphatic carboxylic acids is 1. The van der Waals surface area contributed by atoms with E-state index in [-0.39, 0.29) is 0 Å². The summed E-state index contributed by atoms with van der Waals surface area (Å²) in [5.74, 6) is -1.13. The van der Waals surface area contributed by atoms with Crippen LogP contribution in [-0.4, -0.2) is 29.1 Å². The van der Waals surface area contributed by atoms with Crippen LogP contribution in [0.25, 0.3) is 0 Å². The summed E-state index contributed by atoms with van der Waals surface area (Å²) in [5.41, 5.74) is 0.524. The minimum Gasteiger partial charge on any atom is -0.481 e. The molecule has 4 nitrogen and oxygen atoms in total. The fourth-order valence-corrected chi connectivity index (χ4v) is 2.89. The van der Waals surface area contributed by atoms with Crippen molar-refractivity contribution in [3.63, 3.8) is 0 Å². The van der Waals surface area contributed by atoms with Gasteiger partial charge in [0.05, 0.1) is 17.0 Å². The number of carboxylic acid groups (broad SMARTS) is 1. The number of hydrogen-bond donors (Lipinski definition) is 1. The fraction of sp³-hybridized carbons (Fsp3) is 0.500. The smallest absolute Gasteiger partial charge is 0.309 e. The van der Waals surface area contributed by atoms with Crippen LogP contribution in [0, 0.1) is 22.6 Å². The van der Waals surface area contributed by atoms with Crippen LogP contribution in [0.4, 0.5) is 4.39 Å². The lowest BCUT2D eigenvalue weighted by Gasteiger charge is -2.38. The normalized spacial score (nSPS) is 18.1. The first-order chi connectivity index (χ1) is 10.0. The SMILES string of the molecule is CCC1(C(=O)O)CCN(Cc2ccc(F)cc2C#N)CC1. The van der Waals surface area contributed by atoms with E-state index in [1.54, 1.807) is 6.07 Å². The number of likely N-dealkylation sites (tertiary alicyclic amines) is 1. The Labute approximate surface area is 123 Å². The van der Waals surface area contributed by atoms with Crippen LogP contribution in [0.1, 0.15) is 37.3 Å². The van der Waals surface area contributed by atoms with Gasteiger partial charge in [0.1, 0.15) is 5.82 Å². The Bertz CT molecular complexity index is 572. The van der Waals surface area contributed by atoms with E-state index in [0.717, 1.165) is 5.56 Å². The molecule has 1 heterocycles. The van der Waals surface area contributed by atoms with Crippen LogP contribution in [0.15, 0.2) is 18.2 Å². The first kappa shape index (κ1) is 15.5. The summed E-state index contributed by atoms with van der Waals surface area (Å²) in [7, 11) is 0. The Morgan fingerprint density at radius 3 is 2.67 bits per heavy atom. The van der Waals surface area contributed by atoms with E-state index in [0.29, 0.717) is 44.5 Å². The summed E-state index contributed by atoms with van der Waals surface area (Å²) in [6, 6.07) is 6.24. The highest BCUT2D eigenvalue weighted by Gasteiger charge is 2.39. The van der Waals surface area contributed by atoms with Gasteiger partial charge in [-0.2, -0.15) is 5.26 Å². The zero-order valence-electron chi connectivity index (χ0n) is 12.1. The van der Waals surface area contributed by atoms with Gasteiger partial charge in [-0.15, -0.1) is 0 Å². The van der Waals surface area contributed by atoms with Crippen molar-refractivity contribution in [2.75, 3.05) is 13.1 Å². The number of hydrogen-bond acceptors (Lipinski definition) is 3. The van der Waals surface area contributed by atoms with Crippen molar-refractivity contribution in [2.24, 2.45) is 5.41 Å². The first-order valence-corrected chi connectivity index (χ1v) is 7.15. The van der Waals surface area contributed by atoms with Crippen molar-refractivity contribution in [1.82, 2.24) is 4.90 Å². The molecule has 1 fully saturated rings. The second-order valence-corrected chi connectivity index (χ2v) is 5.63. The Balaban J connectivity index is 2.05. The third-order valence-corrected chi connectivity index (χ3v) is 4.53. The van der Waals surface area contributed by atoms with Gasteiger partial charge in [-0.25, -0.2) is 4.39 Å². The summed E-state index contributed by atoms with van der Waals surface area (Å²) in [5, 5.41) is 18.4. The van der Waals surface area contributed by atoms with Crippen LogP contribution in [0.5, 0.6) is 0 Å². The molecule has 0 saturated carbocycles. The second kappa shape index (κ2) is 6.23. The van der Waals surface area contributed by atoms with Gasteiger partial charge < -0.3 is 5.11 Å². The Morgan fingerprint density at radius 1 is 1.48 bits per heavy atom. The molecule has 0 spiro atoms. The van der Waals surface area contributed by atoms with Crippen LogP contribution in [0.2, 0.25) is 0 Å². The average molecular weight is 290 g/mol. The third-order valence-electron chi connectivity index (χ3n) is 4.53. The second-order valence-electron chi connectivity index (χ2n) is 5.63. The lowest BCUT2D eigenvalue weighted by molar-refractivity contribution is -0.152. The van der Waals surface area contributed by atoms with Crippen LogP contribution < -0.4 is 0 Å². The highest BCUT2D eigenvalue weighted by Crippen LogP contribution is 2.35. The van der Waals surface area contributed by atoms with E-state index in [2.05, 4.69) is 4.90 Å². The predicted octanol–water partition coefficient (Wildman–Crippen LogP) is 2.77. The number of halogens is 1. The maximum atomic E-state index is 13.1. The molecule has 1 aromatic carbocycles. The number of nitrogens with zero attached hydrogens (tertiary/aromatic N) is 2. The van der Waals surface area contributed by atoms with Crippen molar-refractivity contribution < 1.29 is 14.3 Å². The molecular formula is C16H19FN2O2. The van der Waals surface area contributed by atoms with Crippen molar-refractivity contribution in [1.29, 1.82) is 5.26 Å². The van der Waals surface area contributed by atoms with Gasteiger partial charge in [0.25, 0.3) is 0 Å². The first-order valence-electron chi connectivity index (χ1n) is 7.15. The highest BCUT2D eigenvalue weighted by molar-refractivity contribution is 5.74. The molecule has 0 atom stereocenters. The van der Waals surface area contributed by atoms with Crippen molar-refractivity contribution in [3.8, 4) is 6.07 Å². The van der Waals surface area contributed by atoms with Crippen LogP contribution >= 0.6 is 0 Å². The molecule has 0 aliphatic carbocycles. The summed E-state index contributed by atoms with van der Waals surface area (Å²) in [6.45, 7) is 3.84. The summed E-state index contributed by atoms with van der Waals surface area (Å²) >= 11 is 0. The molecule has 21 heavy (non-hydrogen) atoms. The number of carbonyl (C=O) groups is 1. The molecule has 112 valence electrons. The topological polar surface area (TPSA) is 64.3 Å². The van der Waals surface area contributed by atoms with Gasteiger partial charge in [0.15, 0.2) is 0 Å². The van der Waals surface area contributed by atoms with E-state index in [1.165, 1.54) is 12.1 Å².